The third-order valence-electron chi connectivity index (χ3n) is 3.78. The van der Waals surface area contributed by atoms with E-state index in [4.69, 9.17) is 16.3 Å². The molecule has 0 aliphatic carbocycles. The average molecular weight is 342 g/mol. The second-order valence-corrected chi connectivity index (χ2v) is 7.42. The molecule has 1 aromatic heterocycles. The number of nitrogens with zero attached hydrogens (tertiary/aromatic N) is 2. The SMILES string of the molecule is CN1CCC(O)(c2cc(NC(=O)OC(C)(C)C)c(Cl)cn2)CC1. The van der Waals surface area contributed by atoms with E-state index in [0.29, 0.717) is 29.2 Å². The summed E-state index contributed by atoms with van der Waals surface area (Å²) in [6.07, 6.45) is 2.03. The Balaban J connectivity index is 2.17. The van der Waals surface area contributed by atoms with Crippen molar-refractivity contribution in [3.05, 3.63) is 23.0 Å². The quantitative estimate of drug-likeness (QED) is 0.865. The van der Waals surface area contributed by atoms with E-state index in [-0.39, 0.29) is 0 Å². The van der Waals surface area contributed by atoms with Crippen molar-refractivity contribution in [3.63, 3.8) is 0 Å². The molecular weight excluding hydrogens is 318 g/mol. The number of anilines is 1. The number of nitrogens with one attached hydrogen (secondary N) is 1. The van der Waals surface area contributed by atoms with E-state index in [2.05, 4.69) is 15.2 Å². The number of carbonyl (C=O) groups is 1. The van der Waals surface area contributed by atoms with Gasteiger partial charge in [0.2, 0.25) is 0 Å². The molecule has 128 valence electrons. The summed E-state index contributed by atoms with van der Waals surface area (Å²) in [6.45, 7) is 6.93. The first-order valence-corrected chi connectivity index (χ1v) is 8.04. The van der Waals surface area contributed by atoms with Gasteiger partial charge in [-0.3, -0.25) is 10.3 Å². The highest BCUT2D eigenvalue weighted by Gasteiger charge is 2.34. The van der Waals surface area contributed by atoms with Crippen molar-refractivity contribution in [3.8, 4) is 0 Å². The Hall–Kier alpha value is -1.37. The maximum Gasteiger partial charge on any atom is 0.412 e. The molecule has 0 spiro atoms. The van der Waals surface area contributed by atoms with Crippen molar-refractivity contribution in [2.24, 2.45) is 0 Å². The number of carbonyl (C=O) groups excluding carboxylic acids is 1. The monoisotopic (exact) mass is 341 g/mol. The van der Waals surface area contributed by atoms with Gasteiger partial charge < -0.3 is 14.7 Å². The van der Waals surface area contributed by atoms with Gasteiger partial charge in [-0.1, -0.05) is 11.6 Å². The van der Waals surface area contributed by atoms with E-state index in [1.807, 2.05) is 7.05 Å². The molecular formula is C16H24ClN3O3. The summed E-state index contributed by atoms with van der Waals surface area (Å²) in [6, 6.07) is 1.62. The molecule has 1 aromatic rings. The molecule has 2 rings (SSSR count). The lowest BCUT2D eigenvalue weighted by molar-refractivity contribution is -0.0238. The molecule has 6 nitrogen and oxygen atoms in total. The topological polar surface area (TPSA) is 74.7 Å². The van der Waals surface area contributed by atoms with Crippen molar-refractivity contribution in [1.29, 1.82) is 0 Å². The highest BCUT2D eigenvalue weighted by atomic mass is 35.5. The maximum atomic E-state index is 11.9. The fourth-order valence-electron chi connectivity index (χ4n) is 2.45. The van der Waals surface area contributed by atoms with E-state index in [1.165, 1.54) is 6.20 Å². The molecule has 1 amide bonds. The second-order valence-electron chi connectivity index (χ2n) is 7.01. The van der Waals surface area contributed by atoms with Crippen molar-refractivity contribution in [1.82, 2.24) is 9.88 Å². The third-order valence-corrected chi connectivity index (χ3v) is 4.08. The summed E-state index contributed by atoms with van der Waals surface area (Å²) in [5.74, 6) is 0. The van der Waals surface area contributed by atoms with Crippen LogP contribution in [0.4, 0.5) is 10.5 Å². The Morgan fingerprint density at radius 3 is 2.61 bits per heavy atom. The molecule has 7 heteroatoms. The summed E-state index contributed by atoms with van der Waals surface area (Å²) in [4.78, 5) is 18.3. The largest absolute Gasteiger partial charge is 0.444 e. The molecule has 23 heavy (non-hydrogen) atoms. The molecule has 1 saturated heterocycles. The fraction of sp³-hybridized carbons (Fsp3) is 0.625. The molecule has 0 atom stereocenters. The van der Waals surface area contributed by atoms with Crippen molar-refractivity contribution < 1.29 is 14.6 Å². The number of ether oxygens (including phenoxy) is 1. The fourth-order valence-corrected chi connectivity index (χ4v) is 2.60. The van der Waals surface area contributed by atoms with Gasteiger partial charge in [-0.05, 0) is 46.7 Å². The lowest BCUT2D eigenvalue weighted by Gasteiger charge is -2.36. The maximum absolute atomic E-state index is 11.9. The van der Waals surface area contributed by atoms with Gasteiger partial charge in [-0.15, -0.1) is 0 Å². The molecule has 0 radical (unpaired) electrons. The zero-order valence-electron chi connectivity index (χ0n) is 14.0. The van der Waals surface area contributed by atoms with Crippen LogP contribution in [0.25, 0.3) is 0 Å². The smallest absolute Gasteiger partial charge is 0.412 e. The Morgan fingerprint density at radius 2 is 2.04 bits per heavy atom. The van der Waals surface area contributed by atoms with E-state index in [0.717, 1.165) is 13.1 Å². The number of pyridine rings is 1. The van der Waals surface area contributed by atoms with E-state index >= 15 is 0 Å². The van der Waals surface area contributed by atoms with Crippen LogP contribution in [0.2, 0.25) is 5.02 Å². The molecule has 0 unspecified atom stereocenters. The molecule has 1 aliphatic heterocycles. The van der Waals surface area contributed by atoms with Crippen LogP contribution in [0.15, 0.2) is 12.3 Å². The van der Waals surface area contributed by atoms with Crippen LogP contribution in [0.3, 0.4) is 0 Å². The molecule has 2 N–H and O–H groups in total. The predicted molar refractivity (Wildman–Crippen MR) is 89.7 cm³/mol. The number of piperidine rings is 1. The first-order chi connectivity index (χ1) is 10.6. The average Bonchev–Trinajstić information content (AvgIpc) is 2.42. The minimum Gasteiger partial charge on any atom is -0.444 e. The van der Waals surface area contributed by atoms with Crippen LogP contribution in [0.1, 0.15) is 39.3 Å². The highest BCUT2D eigenvalue weighted by molar-refractivity contribution is 6.33. The number of aromatic nitrogens is 1. The van der Waals surface area contributed by atoms with Gasteiger partial charge in [-0.2, -0.15) is 0 Å². The van der Waals surface area contributed by atoms with Gasteiger partial charge >= 0.3 is 6.09 Å². The Morgan fingerprint density at radius 1 is 1.43 bits per heavy atom. The van der Waals surface area contributed by atoms with Gasteiger partial charge in [-0.25, -0.2) is 4.79 Å². The van der Waals surface area contributed by atoms with Crippen molar-refractivity contribution in [2.75, 3.05) is 25.5 Å². The highest BCUT2D eigenvalue weighted by Crippen LogP contribution is 2.34. The second kappa shape index (κ2) is 6.63. The molecule has 2 heterocycles. The Bertz CT molecular complexity index is 578. The molecule has 1 fully saturated rings. The minimum atomic E-state index is -0.999. The van der Waals surface area contributed by atoms with Gasteiger partial charge in [0.05, 0.1) is 16.4 Å². The van der Waals surface area contributed by atoms with Crippen LogP contribution in [-0.4, -0.2) is 46.8 Å². The van der Waals surface area contributed by atoms with Crippen molar-refractivity contribution >= 4 is 23.4 Å². The van der Waals surface area contributed by atoms with Crippen LogP contribution in [0.5, 0.6) is 0 Å². The van der Waals surface area contributed by atoms with Crippen LogP contribution >= 0.6 is 11.6 Å². The summed E-state index contributed by atoms with van der Waals surface area (Å²) in [5, 5.41) is 13.7. The lowest BCUT2D eigenvalue weighted by atomic mass is 9.88. The predicted octanol–water partition coefficient (Wildman–Crippen LogP) is 3.00. The molecule has 1 aliphatic rings. The molecule has 0 bridgehead atoms. The normalized spacial score (nSPS) is 18.5. The molecule has 0 aromatic carbocycles. The minimum absolute atomic E-state index is 0.302. The van der Waals surface area contributed by atoms with E-state index in [9.17, 15) is 9.90 Å². The number of aliphatic hydroxyl groups is 1. The van der Waals surface area contributed by atoms with Gasteiger partial charge in [0.1, 0.15) is 11.2 Å². The number of hydrogen-bond donors (Lipinski definition) is 2. The van der Waals surface area contributed by atoms with Crippen molar-refractivity contribution in [2.45, 2.75) is 44.8 Å². The van der Waals surface area contributed by atoms with Crippen LogP contribution < -0.4 is 5.32 Å². The molecule has 0 saturated carbocycles. The van der Waals surface area contributed by atoms with Gasteiger partial charge in [0.15, 0.2) is 0 Å². The summed E-state index contributed by atoms with van der Waals surface area (Å²) >= 11 is 6.10. The van der Waals surface area contributed by atoms with E-state index < -0.39 is 17.3 Å². The van der Waals surface area contributed by atoms with E-state index in [1.54, 1.807) is 26.8 Å². The number of rotatable bonds is 2. The Kier molecular flexibility index (Phi) is 5.18. The third kappa shape index (κ3) is 4.80. The first-order valence-electron chi connectivity index (χ1n) is 7.66. The van der Waals surface area contributed by atoms with Crippen LogP contribution in [-0.2, 0) is 10.3 Å². The standard InChI is InChI=1S/C16H24ClN3O3/c1-15(2,3)23-14(21)19-12-9-13(18-10-11(12)17)16(22)5-7-20(4)8-6-16/h9-10,22H,5-8H2,1-4H3,(H,18,19,21). The van der Waals surface area contributed by atoms with Crippen LogP contribution in [0, 0.1) is 0 Å². The van der Waals surface area contributed by atoms with Gasteiger partial charge in [0, 0.05) is 19.3 Å². The zero-order chi connectivity index (χ0) is 17.3. The number of halogens is 1. The number of hydrogen-bond acceptors (Lipinski definition) is 5. The number of likely N-dealkylation sites (tertiary alicyclic amines) is 1. The van der Waals surface area contributed by atoms with Gasteiger partial charge in [0.25, 0.3) is 0 Å². The number of amides is 1. The Labute approximate surface area is 141 Å². The summed E-state index contributed by atoms with van der Waals surface area (Å²) in [5.41, 5.74) is -0.695. The lowest BCUT2D eigenvalue weighted by Crippen LogP contribution is -2.41. The first kappa shape index (κ1) is 18.0. The summed E-state index contributed by atoms with van der Waals surface area (Å²) in [7, 11) is 2.02. The summed E-state index contributed by atoms with van der Waals surface area (Å²) < 4.78 is 5.22. The zero-order valence-corrected chi connectivity index (χ0v) is 14.8.